The molecule has 1 N–H and O–H groups in total. The van der Waals surface area contributed by atoms with Gasteiger partial charge < -0.3 is 5.32 Å². The van der Waals surface area contributed by atoms with Crippen LogP contribution in [0, 0.1) is 6.92 Å². The molecule has 0 aliphatic carbocycles. The zero-order chi connectivity index (χ0) is 17.9. The fourth-order valence-electron chi connectivity index (χ4n) is 2.28. The first-order valence-electron chi connectivity index (χ1n) is 7.31. The summed E-state index contributed by atoms with van der Waals surface area (Å²) in [5.41, 5.74) is 2.08. The lowest BCUT2D eigenvalue weighted by Crippen LogP contribution is -2.45. The first kappa shape index (κ1) is 18.5. The van der Waals surface area contributed by atoms with Crippen LogP contribution >= 0.6 is 15.9 Å². The molecule has 2 aromatic carbocycles. The minimum Gasteiger partial charge on any atom is -0.324 e. The normalized spacial score (nSPS) is 12.5. The van der Waals surface area contributed by atoms with E-state index in [1.165, 1.54) is 0 Å². The number of hydrogen-bond donors (Lipinski definition) is 1. The van der Waals surface area contributed by atoms with Gasteiger partial charge in [-0.05, 0) is 50.2 Å². The Hall–Kier alpha value is -1.86. The number of rotatable bonds is 5. The molecule has 0 bridgehead atoms. The Balaban J connectivity index is 2.27. The van der Waals surface area contributed by atoms with Crippen LogP contribution in [0.2, 0.25) is 0 Å². The van der Waals surface area contributed by atoms with E-state index in [0.717, 1.165) is 20.6 Å². The lowest BCUT2D eigenvalue weighted by atomic mass is 10.2. The van der Waals surface area contributed by atoms with Crippen molar-refractivity contribution < 1.29 is 13.2 Å². The molecular weight excluding hydrogens is 392 g/mol. The van der Waals surface area contributed by atoms with E-state index in [2.05, 4.69) is 21.2 Å². The first-order chi connectivity index (χ1) is 11.2. The second-order valence-electron chi connectivity index (χ2n) is 5.57. The fraction of sp³-hybridized carbons (Fsp3) is 0.235. The van der Waals surface area contributed by atoms with Gasteiger partial charge in [0.2, 0.25) is 15.9 Å². The molecule has 2 aromatic rings. The van der Waals surface area contributed by atoms with Crippen molar-refractivity contribution in [2.45, 2.75) is 19.9 Å². The molecule has 0 saturated heterocycles. The van der Waals surface area contributed by atoms with E-state index in [4.69, 9.17) is 0 Å². The molecule has 2 rings (SSSR count). The van der Waals surface area contributed by atoms with Gasteiger partial charge in [0.05, 0.1) is 11.9 Å². The van der Waals surface area contributed by atoms with Gasteiger partial charge in [-0.3, -0.25) is 9.10 Å². The standard InChI is InChI=1S/C17H19BrN2O3S/c1-12-4-10-16(11-5-12)20(24(3,22)23)13(2)17(21)19-15-8-6-14(18)7-9-15/h4-11,13H,1-3H3,(H,19,21)/t13-/m0/s1. The Bertz CT molecular complexity index is 818. The Morgan fingerprint density at radius 1 is 1.08 bits per heavy atom. The molecule has 7 heteroatoms. The average molecular weight is 411 g/mol. The van der Waals surface area contributed by atoms with Gasteiger partial charge in [0.15, 0.2) is 0 Å². The van der Waals surface area contributed by atoms with Gasteiger partial charge >= 0.3 is 0 Å². The highest BCUT2D eigenvalue weighted by molar-refractivity contribution is 9.10. The molecule has 0 radical (unpaired) electrons. The molecule has 0 aliphatic rings. The van der Waals surface area contributed by atoms with Gasteiger partial charge in [-0.15, -0.1) is 0 Å². The number of hydrogen-bond acceptors (Lipinski definition) is 3. The summed E-state index contributed by atoms with van der Waals surface area (Å²) in [5.74, 6) is -0.400. The monoisotopic (exact) mass is 410 g/mol. The molecule has 5 nitrogen and oxygen atoms in total. The first-order valence-corrected chi connectivity index (χ1v) is 9.95. The van der Waals surface area contributed by atoms with Crippen LogP contribution in [0.4, 0.5) is 11.4 Å². The number of aryl methyl sites for hydroxylation is 1. The van der Waals surface area contributed by atoms with Crippen molar-refractivity contribution in [1.82, 2.24) is 0 Å². The van der Waals surface area contributed by atoms with Gasteiger partial charge in [-0.2, -0.15) is 0 Å². The maximum absolute atomic E-state index is 12.5. The Morgan fingerprint density at radius 2 is 1.62 bits per heavy atom. The molecule has 0 aliphatic heterocycles. The van der Waals surface area contributed by atoms with Crippen LogP contribution in [-0.4, -0.2) is 26.6 Å². The van der Waals surface area contributed by atoms with E-state index >= 15 is 0 Å². The van der Waals surface area contributed by atoms with Crippen molar-refractivity contribution in [1.29, 1.82) is 0 Å². The molecular formula is C17H19BrN2O3S. The number of anilines is 2. The van der Waals surface area contributed by atoms with Crippen LogP contribution in [-0.2, 0) is 14.8 Å². The van der Waals surface area contributed by atoms with E-state index in [0.29, 0.717) is 11.4 Å². The molecule has 0 fully saturated rings. The number of benzene rings is 2. The Morgan fingerprint density at radius 3 is 2.12 bits per heavy atom. The largest absolute Gasteiger partial charge is 0.324 e. The number of halogens is 1. The summed E-state index contributed by atoms with van der Waals surface area (Å²) in [6, 6.07) is 13.2. The van der Waals surface area contributed by atoms with Crippen LogP contribution in [0.25, 0.3) is 0 Å². The summed E-state index contributed by atoms with van der Waals surface area (Å²) < 4.78 is 26.4. The van der Waals surface area contributed by atoms with E-state index in [1.807, 2.05) is 19.1 Å². The summed E-state index contributed by atoms with van der Waals surface area (Å²) in [5, 5.41) is 2.74. The quantitative estimate of drug-likeness (QED) is 0.819. The van der Waals surface area contributed by atoms with E-state index in [-0.39, 0.29) is 0 Å². The highest BCUT2D eigenvalue weighted by Crippen LogP contribution is 2.22. The van der Waals surface area contributed by atoms with E-state index in [1.54, 1.807) is 43.3 Å². The predicted molar refractivity (Wildman–Crippen MR) is 101 cm³/mol. The number of nitrogens with one attached hydrogen (secondary N) is 1. The maximum atomic E-state index is 12.5. The molecule has 1 amide bonds. The van der Waals surface area contributed by atoms with Crippen molar-refractivity contribution >= 4 is 43.2 Å². The summed E-state index contributed by atoms with van der Waals surface area (Å²) in [7, 11) is -3.61. The van der Waals surface area contributed by atoms with Crippen LogP contribution in [0.5, 0.6) is 0 Å². The number of sulfonamides is 1. The SMILES string of the molecule is Cc1ccc(N([C@@H](C)C(=O)Nc2ccc(Br)cc2)S(C)(=O)=O)cc1. The third-order valence-electron chi connectivity index (χ3n) is 3.49. The second kappa shape index (κ2) is 7.36. The second-order valence-corrected chi connectivity index (χ2v) is 8.34. The molecule has 0 saturated carbocycles. The predicted octanol–water partition coefficient (Wildman–Crippen LogP) is 3.55. The van der Waals surface area contributed by atoms with Gasteiger partial charge in [0.25, 0.3) is 0 Å². The van der Waals surface area contributed by atoms with Crippen molar-refractivity contribution in [3.05, 3.63) is 58.6 Å². The van der Waals surface area contributed by atoms with Gasteiger partial charge in [-0.1, -0.05) is 33.6 Å². The Kier molecular flexibility index (Phi) is 5.66. The summed E-state index contributed by atoms with van der Waals surface area (Å²) in [6.45, 7) is 3.48. The number of amides is 1. The molecule has 0 spiro atoms. The van der Waals surface area contributed by atoms with Gasteiger partial charge in [-0.25, -0.2) is 8.42 Å². The lowest BCUT2D eigenvalue weighted by Gasteiger charge is -2.28. The molecule has 1 atom stereocenters. The van der Waals surface area contributed by atoms with Crippen LogP contribution < -0.4 is 9.62 Å². The highest BCUT2D eigenvalue weighted by Gasteiger charge is 2.29. The molecule has 0 aromatic heterocycles. The minimum atomic E-state index is -3.61. The van der Waals surface area contributed by atoms with Crippen LogP contribution in [0.1, 0.15) is 12.5 Å². The van der Waals surface area contributed by atoms with E-state index < -0.39 is 22.0 Å². The maximum Gasteiger partial charge on any atom is 0.247 e. The van der Waals surface area contributed by atoms with Crippen LogP contribution in [0.3, 0.4) is 0 Å². The topological polar surface area (TPSA) is 66.5 Å². The minimum absolute atomic E-state index is 0.400. The summed E-state index contributed by atoms with van der Waals surface area (Å²) >= 11 is 3.33. The fourth-order valence-corrected chi connectivity index (χ4v) is 3.72. The van der Waals surface area contributed by atoms with Crippen molar-refractivity contribution in [3.63, 3.8) is 0 Å². The third-order valence-corrected chi connectivity index (χ3v) is 5.26. The lowest BCUT2D eigenvalue weighted by molar-refractivity contribution is -0.116. The third kappa shape index (κ3) is 4.58. The summed E-state index contributed by atoms with van der Waals surface area (Å²) in [6.07, 6.45) is 1.09. The van der Waals surface area contributed by atoms with E-state index in [9.17, 15) is 13.2 Å². The summed E-state index contributed by atoms with van der Waals surface area (Å²) in [4.78, 5) is 12.5. The zero-order valence-electron chi connectivity index (χ0n) is 13.7. The number of nitrogens with zero attached hydrogens (tertiary/aromatic N) is 1. The van der Waals surface area contributed by atoms with Gasteiger partial charge in [0, 0.05) is 10.2 Å². The smallest absolute Gasteiger partial charge is 0.247 e. The Labute approximate surface area is 150 Å². The molecule has 0 unspecified atom stereocenters. The molecule has 128 valence electrons. The highest BCUT2D eigenvalue weighted by atomic mass is 79.9. The number of carbonyl (C=O) groups is 1. The van der Waals surface area contributed by atoms with Crippen molar-refractivity contribution in [2.24, 2.45) is 0 Å². The average Bonchev–Trinajstić information content (AvgIpc) is 2.50. The van der Waals surface area contributed by atoms with Crippen molar-refractivity contribution in [3.8, 4) is 0 Å². The molecule has 0 heterocycles. The van der Waals surface area contributed by atoms with Gasteiger partial charge in [0.1, 0.15) is 6.04 Å². The number of carbonyl (C=O) groups excluding carboxylic acids is 1. The van der Waals surface area contributed by atoms with Crippen molar-refractivity contribution in [2.75, 3.05) is 15.9 Å². The zero-order valence-corrected chi connectivity index (χ0v) is 16.1. The van der Waals surface area contributed by atoms with Crippen LogP contribution in [0.15, 0.2) is 53.0 Å². The molecule has 24 heavy (non-hydrogen) atoms.